The summed E-state index contributed by atoms with van der Waals surface area (Å²) in [6.45, 7) is 11.7. The van der Waals surface area contributed by atoms with Crippen LogP contribution in [0.15, 0.2) is 58.6 Å². The van der Waals surface area contributed by atoms with Crippen LogP contribution in [0.1, 0.15) is 20.8 Å². The van der Waals surface area contributed by atoms with Gasteiger partial charge in [-0.2, -0.15) is 0 Å². The van der Waals surface area contributed by atoms with Crippen LogP contribution in [-0.4, -0.2) is 36.1 Å². The number of para-hydroxylation sites is 2. The molecule has 4 nitrogen and oxygen atoms in total. The fourth-order valence-corrected chi connectivity index (χ4v) is 4.10. The molecule has 3 rings (SSSR count). The summed E-state index contributed by atoms with van der Waals surface area (Å²) >= 11 is 1.79. The summed E-state index contributed by atoms with van der Waals surface area (Å²) in [5.74, 6) is 0. The topological polar surface area (TPSA) is 34.9 Å². The molecular formula is C21H29N4S+. The van der Waals surface area contributed by atoms with E-state index in [0.717, 1.165) is 32.7 Å². The Labute approximate surface area is 160 Å². The number of fused-ring (bicyclic) bond motifs is 1. The first-order valence-electron chi connectivity index (χ1n) is 9.49. The summed E-state index contributed by atoms with van der Waals surface area (Å²) in [5.41, 5.74) is 3.63. The lowest BCUT2D eigenvalue weighted by Gasteiger charge is -2.16. The first-order valence-corrected chi connectivity index (χ1v) is 10.3. The lowest BCUT2D eigenvalue weighted by Crippen LogP contribution is -2.41. The number of anilines is 1. The van der Waals surface area contributed by atoms with E-state index in [2.05, 4.69) is 89.1 Å². The van der Waals surface area contributed by atoms with Gasteiger partial charge in [-0.15, -0.1) is 0 Å². The second-order valence-electron chi connectivity index (χ2n) is 6.28. The molecule has 138 valence electrons. The molecule has 1 heterocycles. The first-order chi connectivity index (χ1) is 12.7. The predicted octanol–water partition coefficient (Wildman–Crippen LogP) is 4.38. The Morgan fingerprint density at radius 2 is 1.73 bits per heavy atom. The molecule has 0 aliphatic heterocycles. The quantitative estimate of drug-likeness (QED) is 0.549. The van der Waals surface area contributed by atoms with Gasteiger partial charge < -0.3 is 5.32 Å². The maximum absolute atomic E-state index is 3.60. The van der Waals surface area contributed by atoms with Crippen LogP contribution in [-0.2, 0) is 6.54 Å². The molecule has 0 aliphatic carbocycles. The van der Waals surface area contributed by atoms with Gasteiger partial charge in [0.2, 0.25) is 0 Å². The van der Waals surface area contributed by atoms with Crippen LogP contribution in [0.2, 0.25) is 0 Å². The van der Waals surface area contributed by atoms with E-state index < -0.39 is 0 Å². The van der Waals surface area contributed by atoms with Crippen LogP contribution in [0.4, 0.5) is 5.69 Å². The molecule has 0 radical (unpaired) electrons. The molecule has 0 unspecified atom stereocenters. The number of rotatable bonds is 9. The molecule has 5 heteroatoms. The third-order valence-electron chi connectivity index (χ3n) is 4.67. The van der Waals surface area contributed by atoms with Crippen LogP contribution < -0.4 is 9.88 Å². The molecule has 2 N–H and O–H groups in total. The summed E-state index contributed by atoms with van der Waals surface area (Å²) < 4.78 is 2.41. The minimum Gasteiger partial charge on any atom is -0.385 e. The molecule has 26 heavy (non-hydrogen) atoms. The fraction of sp³-hybridized carbons (Fsp3) is 0.381. The van der Waals surface area contributed by atoms with Crippen LogP contribution in [0.3, 0.4) is 0 Å². The first kappa shape index (κ1) is 18.8. The van der Waals surface area contributed by atoms with E-state index in [1.807, 2.05) is 0 Å². The summed E-state index contributed by atoms with van der Waals surface area (Å²) in [5, 5.41) is 4.54. The number of imidazole rings is 1. The maximum Gasteiger partial charge on any atom is 0.321 e. The molecule has 2 aromatic carbocycles. The number of hydrogen-bond donors (Lipinski definition) is 2. The molecule has 0 amide bonds. The van der Waals surface area contributed by atoms with Gasteiger partial charge in [0.15, 0.2) is 11.0 Å². The minimum absolute atomic E-state index is 0.944. The number of likely N-dealkylation sites (N-methyl/N-ethyl adjacent to an activating group) is 1. The highest BCUT2D eigenvalue weighted by Crippen LogP contribution is 2.27. The van der Waals surface area contributed by atoms with Gasteiger partial charge in [-0.25, -0.2) is 9.55 Å². The highest BCUT2D eigenvalue weighted by molar-refractivity contribution is 7.99. The van der Waals surface area contributed by atoms with E-state index in [4.69, 9.17) is 0 Å². The van der Waals surface area contributed by atoms with Gasteiger partial charge in [0, 0.05) is 23.7 Å². The smallest absolute Gasteiger partial charge is 0.321 e. The third kappa shape index (κ3) is 4.40. The normalized spacial score (nSPS) is 11.4. The zero-order valence-electron chi connectivity index (χ0n) is 16.0. The largest absolute Gasteiger partial charge is 0.385 e. The molecular weight excluding hydrogens is 340 g/mol. The number of aromatic amines is 1. The van der Waals surface area contributed by atoms with Crippen molar-refractivity contribution in [3.05, 3.63) is 48.5 Å². The van der Waals surface area contributed by atoms with Gasteiger partial charge in [0.25, 0.3) is 0 Å². The van der Waals surface area contributed by atoms with E-state index in [1.165, 1.54) is 26.8 Å². The SMILES string of the molecule is CCNc1ccc(Sc2[nH]c3ccccc3[n+]2CCN(CC)CC)cc1. The molecule has 0 aliphatic rings. The Balaban J connectivity index is 1.85. The maximum atomic E-state index is 3.60. The Hall–Kier alpha value is -1.98. The average Bonchev–Trinajstić information content (AvgIpc) is 3.02. The van der Waals surface area contributed by atoms with Gasteiger partial charge >= 0.3 is 5.16 Å². The van der Waals surface area contributed by atoms with Gasteiger partial charge in [0.05, 0.1) is 0 Å². The Bertz CT molecular complexity index is 822. The van der Waals surface area contributed by atoms with Crippen molar-refractivity contribution in [3.63, 3.8) is 0 Å². The van der Waals surface area contributed by atoms with Crippen molar-refractivity contribution >= 4 is 28.5 Å². The van der Waals surface area contributed by atoms with E-state index in [1.54, 1.807) is 11.8 Å². The van der Waals surface area contributed by atoms with Crippen LogP contribution in [0.5, 0.6) is 0 Å². The van der Waals surface area contributed by atoms with Crippen LogP contribution in [0, 0.1) is 0 Å². The van der Waals surface area contributed by atoms with Crippen molar-refractivity contribution in [1.82, 2.24) is 9.88 Å². The van der Waals surface area contributed by atoms with Crippen molar-refractivity contribution in [2.24, 2.45) is 0 Å². The Kier molecular flexibility index (Phi) is 6.58. The molecule has 0 fully saturated rings. The Morgan fingerprint density at radius 3 is 2.42 bits per heavy atom. The lowest BCUT2D eigenvalue weighted by atomic mass is 10.3. The molecule has 0 spiro atoms. The van der Waals surface area contributed by atoms with E-state index in [9.17, 15) is 0 Å². The summed E-state index contributed by atoms with van der Waals surface area (Å²) in [7, 11) is 0. The summed E-state index contributed by atoms with van der Waals surface area (Å²) in [6.07, 6.45) is 0. The van der Waals surface area contributed by atoms with Crippen LogP contribution >= 0.6 is 11.8 Å². The highest BCUT2D eigenvalue weighted by Gasteiger charge is 2.19. The number of aromatic nitrogens is 2. The molecule has 0 bridgehead atoms. The number of H-pyrrole nitrogens is 1. The highest BCUT2D eigenvalue weighted by atomic mass is 32.2. The molecule has 1 aromatic heterocycles. The van der Waals surface area contributed by atoms with Gasteiger partial charge in [-0.1, -0.05) is 26.0 Å². The molecule has 3 aromatic rings. The van der Waals surface area contributed by atoms with E-state index in [-0.39, 0.29) is 0 Å². The average molecular weight is 370 g/mol. The second-order valence-corrected chi connectivity index (χ2v) is 7.34. The molecule has 0 saturated carbocycles. The number of nitrogens with one attached hydrogen (secondary N) is 2. The van der Waals surface area contributed by atoms with Crippen molar-refractivity contribution < 1.29 is 4.57 Å². The van der Waals surface area contributed by atoms with Crippen molar-refractivity contribution in [2.75, 3.05) is 31.5 Å². The van der Waals surface area contributed by atoms with Crippen molar-refractivity contribution in [3.8, 4) is 0 Å². The fourth-order valence-electron chi connectivity index (χ4n) is 3.15. The molecule has 0 atom stereocenters. The van der Waals surface area contributed by atoms with Crippen molar-refractivity contribution in [2.45, 2.75) is 37.4 Å². The number of nitrogens with zero attached hydrogens (tertiary/aromatic N) is 2. The predicted molar refractivity (Wildman–Crippen MR) is 111 cm³/mol. The van der Waals surface area contributed by atoms with Crippen molar-refractivity contribution in [1.29, 1.82) is 0 Å². The third-order valence-corrected chi connectivity index (χ3v) is 5.69. The summed E-state index contributed by atoms with van der Waals surface area (Å²) in [4.78, 5) is 7.32. The number of hydrogen-bond acceptors (Lipinski definition) is 3. The second kappa shape index (κ2) is 9.10. The molecule has 0 saturated heterocycles. The van der Waals surface area contributed by atoms with E-state index >= 15 is 0 Å². The number of benzene rings is 2. The Morgan fingerprint density at radius 1 is 1.00 bits per heavy atom. The van der Waals surface area contributed by atoms with Gasteiger partial charge in [0.1, 0.15) is 6.54 Å². The minimum atomic E-state index is 0.944. The monoisotopic (exact) mass is 369 g/mol. The standard InChI is InChI=1S/C21H28N4S/c1-4-22-17-11-13-18(14-12-17)26-21-23-19-9-7-8-10-20(19)25(21)16-15-24(5-2)6-3/h7-14,22H,4-6,15-16H2,1-3H3/p+1. The van der Waals surface area contributed by atoms with Gasteiger partial charge in [-0.3, -0.25) is 4.90 Å². The van der Waals surface area contributed by atoms with E-state index in [0.29, 0.717) is 0 Å². The lowest BCUT2D eigenvalue weighted by molar-refractivity contribution is -0.708. The zero-order valence-corrected chi connectivity index (χ0v) is 16.8. The van der Waals surface area contributed by atoms with Crippen LogP contribution in [0.25, 0.3) is 11.0 Å². The summed E-state index contributed by atoms with van der Waals surface area (Å²) in [6, 6.07) is 17.2. The van der Waals surface area contributed by atoms with Gasteiger partial charge in [-0.05, 0) is 68.2 Å². The zero-order chi connectivity index (χ0) is 18.4.